The molecule has 2 heteroatoms. The van der Waals surface area contributed by atoms with Gasteiger partial charge in [0.25, 0.3) is 0 Å². The quantitative estimate of drug-likeness (QED) is 0.825. The first-order valence-corrected chi connectivity index (χ1v) is 5.80. The molecule has 0 saturated heterocycles. The molecular formula is C14H23NO. The molecule has 1 rings (SSSR count). The van der Waals surface area contributed by atoms with Crippen molar-refractivity contribution in [1.29, 1.82) is 0 Å². The Kier molecular flexibility index (Phi) is 4.51. The van der Waals surface area contributed by atoms with E-state index < -0.39 is 0 Å². The van der Waals surface area contributed by atoms with Crippen molar-refractivity contribution < 1.29 is 4.74 Å². The first-order chi connectivity index (χ1) is 7.44. The Morgan fingerprint density at radius 2 is 1.81 bits per heavy atom. The van der Waals surface area contributed by atoms with Gasteiger partial charge in [0.2, 0.25) is 0 Å². The molecule has 0 fully saturated rings. The van der Waals surface area contributed by atoms with Gasteiger partial charge in [0, 0.05) is 19.7 Å². The molecule has 0 bridgehead atoms. The molecule has 1 N–H and O–H groups in total. The molecule has 0 heterocycles. The lowest BCUT2D eigenvalue weighted by atomic mass is 10.0. The third kappa shape index (κ3) is 3.95. The lowest BCUT2D eigenvalue weighted by Crippen LogP contribution is -2.37. The Hall–Kier alpha value is -0.860. The molecule has 0 aliphatic rings. The zero-order valence-electron chi connectivity index (χ0n) is 11.0. The van der Waals surface area contributed by atoms with Gasteiger partial charge in [-0.05, 0) is 33.3 Å². The Balaban J connectivity index is 2.53. The lowest BCUT2D eigenvalue weighted by molar-refractivity contribution is 0.0214. The minimum atomic E-state index is -0.112. The number of rotatable bonds is 5. The summed E-state index contributed by atoms with van der Waals surface area (Å²) in [6, 6.07) is 9.00. The fourth-order valence-electron chi connectivity index (χ4n) is 1.44. The summed E-state index contributed by atoms with van der Waals surface area (Å²) in [6.45, 7) is 9.30. The largest absolute Gasteiger partial charge is 0.377 e. The molecular weight excluding hydrogens is 198 g/mol. The summed E-state index contributed by atoms with van der Waals surface area (Å²) in [4.78, 5) is 0. The molecule has 1 unspecified atom stereocenters. The molecule has 0 aromatic heterocycles. The third-order valence-electron chi connectivity index (χ3n) is 2.96. The van der Waals surface area contributed by atoms with E-state index in [1.54, 1.807) is 7.11 Å². The Labute approximate surface area is 99.0 Å². The third-order valence-corrected chi connectivity index (χ3v) is 2.96. The lowest BCUT2D eigenvalue weighted by Gasteiger charge is -2.26. The van der Waals surface area contributed by atoms with Crippen LogP contribution in [-0.4, -0.2) is 19.3 Å². The van der Waals surface area contributed by atoms with Crippen molar-refractivity contribution in [1.82, 2.24) is 5.32 Å². The maximum absolute atomic E-state index is 5.38. The van der Waals surface area contributed by atoms with Crippen LogP contribution in [0.5, 0.6) is 0 Å². The molecule has 16 heavy (non-hydrogen) atoms. The van der Waals surface area contributed by atoms with E-state index in [1.165, 1.54) is 11.1 Å². The number of nitrogens with one attached hydrogen (secondary N) is 1. The second-order valence-electron chi connectivity index (χ2n) is 4.98. The maximum atomic E-state index is 5.38. The summed E-state index contributed by atoms with van der Waals surface area (Å²) in [7, 11) is 1.75. The fourth-order valence-corrected chi connectivity index (χ4v) is 1.44. The monoisotopic (exact) mass is 221 g/mol. The summed E-state index contributed by atoms with van der Waals surface area (Å²) >= 11 is 0. The van der Waals surface area contributed by atoms with E-state index in [4.69, 9.17) is 4.74 Å². The molecule has 2 nitrogen and oxygen atoms in total. The predicted octanol–water partition coefficient (Wildman–Crippen LogP) is 3.07. The van der Waals surface area contributed by atoms with Crippen LogP contribution in [-0.2, 0) is 4.74 Å². The Bertz CT molecular complexity index is 316. The van der Waals surface area contributed by atoms with Gasteiger partial charge < -0.3 is 10.1 Å². The summed E-state index contributed by atoms with van der Waals surface area (Å²) in [5.41, 5.74) is 2.50. The fraction of sp³-hybridized carbons (Fsp3) is 0.571. The van der Waals surface area contributed by atoms with Gasteiger partial charge in [-0.1, -0.05) is 29.8 Å². The second kappa shape index (κ2) is 5.46. The molecule has 0 radical (unpaired) electrons. The van der Waals surface area contributed by atoms with Gasteiger partial charge in [-0.3, -0.25) is 0 Å². The Morgan fingerprint density at radius 3 is 2.31 bits per heavy atom. The van der Waals surface area contributed by atoms with E-state index in [9.17, 15) is 0 Å². The number of aryl methyl sites for hydroxylation is 1. The van der Waals surface area contributed by atoms with Gasteiger partial charge in [0.15, 0.2) is 0 Å². The normalized spacial score (nSPS) is 13.8. The van der Waals surface area contributed by atoms with Crippen molar-refractivity contribution in [2.24, 2.45) is 0 Å². The Morgan fingerprint density at radius 1 is 1.25 bits per heavy atom. The van der Waals surface area contributed by atoms with Crippen LogP contribution in [0.15, 0.2) is 24.3 Å². The first kappa shape index (κ1) is 13.2. The number of methoxy groups -OCH3 is 1. The zero-order valence-corrected chi connectivity index (χ0v) is 11.0. The van der Waals surface area contributed by atoms with Crippen molar-refractivity contribution in [3.8, 4) is 0 Å². The SMILES string of the molecule is COC(C)(C)CNC(C)c1ccc(C)cc1. The number of ether oxygens (including phenoxy) is 1. The van der Waals surface area contributed by atoms with Crippen LogP contribution in [0.25, 0.3) is 0 Å². The molecule has 0 aliphatic heterocycles. The standard InChI is InChI=1S/C14H23NO/c1-11-6-8-13(9-7-11)12(2)15-10-14(3,4)16-5/h6-9,12,15H,10H2,1-5H3. The van der Waals surface area contributed by atoms with Gasteiger partial charge >= 0.3 is 0 Å². The van der Waals surface area contributed by atoms with Crippen molar-refractivity contribution in [2.75, 3.05) is 13.7 Å². The van der Waals surface area contributed by atoms with Crippen molar-refractivity contribution in [3.05, 3.63) is 35.4 Å². The molecule has 1 aromatic carbocycles. The van der Waals surface area contributed by atoms with Gasteiger partial charge in [0.1, 0.15) is 0 Å². The number of benzene rings is 1. The van der Waals surface area contributed by atoms with E-state index in [0.717, 1.165) is 6.54 Å². The van der Waals surface area contributed by atoms with Crippen molar-refractivity contribution >= 4 is 0 Å². The average Bonchev–Trinajstić information content (AvgIpc) is 2.27. The highest BCUT2D eigenvalue weighted by Gasteiger charge is 2.17. The molecule has 90 valence electrons. The highest BCUT2D eigenvalue weighted by atomic mass is 16.5. The van der Waals surface area contributed by atoms with Crippen LogP contribution in [0.4, 0.5) is 0 Å². The predicted molar refractivity (Wildman–Crippen MR) is 68.7 cm³/mol. The van der Waals surface area contributed by atoms with Gasteiger partial charge in [-0.25, -0.2) is 0 Å². The van der Waals surface area contributed by atoms with Crippen LogP contribution in [0.1, 0.15) is 37.9 Å². The highest BCUT2D eigenvalue weighted by molar-refractivity contribution is 5.23. The minimum Gasteiger partial charge on any atom is -0.377 e. The van der Waals surface area contributed by atoms with Crippen LogP contribution >= 0.6 is 0 Å². The summed E-state index contributed by atoms with van der Waals surface area (Å²) in [5, 5.41) is 3.48. The van der Waals surface area contributed by atoms with E-state index in [1.807, 2.05) is 0 Å². The van der Waals surface area contributed by atoms with Gasteiger partial charge in [-0.2, -0.15) is 0 Å². The molecule has 0 saturated carbocycles. The first-order valence-electron chi connectivity index (χ1n) is 5.80. The van der Waals surface area contributed by atoms with Crippen LogP contribution < -0.4 is 5.32 Å². The molecule has 0 aliphatic carbocycles. The maximum Gasteiger partial charge on any atom is 0.0746 e. The molecule has 0 spiro atoms. The van der Waals surface area contributed by atoms with E-state index in [0.29, 0.717) is 6.04 Å². The van der Waals surface area contributed by atoms with Crippen LogP contribution in [0.3, 0.4) is 0 Å². The van der Waals surface area contributed by atoms with E-state index in [-0.39, 0.29) is 5.60 Å². The summed E-state index contributed by atoms with van der Waals surface area (Å²) in [6.07, 6.45) is 0. The van der Waals surface area contributed by atoms with Crippen molar-refractivity contribution in [2.45, 2.75) is 39.3 Å². The number of hydrogen-bond acceptors (Lipinski definition) is 2. The average molecular weight is 221 g/mol. The van der Waals surface area contributed by atoms with Gasteiger partial charge in [0.05, 0.1) is 5.60 Å². The topological polar surface area (TPSA) is 21.3 Å². The zero-order chi connectivity index (χ0) is 12.2. The smallest absolute Gasteiger partial charge is 0.0746 e. The van der Waals surface area contributed by atoms with E-state index >= 15 is 0 Å². The van der Waals surface area contributed by atoms with Crippen LogP contribution in [0.2, 0.25) is 0 Å². The summed E-state index contributed by atoms with van der Waals surface area (Å²) in [5.74, 6) is 0. The number of hydrogen-bond donors (Lipinski definition) is 1. The minimum absolute atomic E-state index is 0.112. The molecule has 1 aromatic rings. The van der Waals surface area contributed by atoms with E-state index in [2.05, 4.69) is 57.3 Å². The highest BCUT2D eigenvalue weighted by Crippen LogP contribution is 2.14. The van der Waals surface area contributed by atoms with Crippen molar-refractivity contribution in [3.63, 3.8) is 0 Å². The molecule has 0 amide bonds. The molecule has 1 atom stereocenters. The van der Waals surface area contributed by atoms with Gasteiger partial charge in [-0.15, -0.1) is 0 Å². The van der Waals surface area contributed by atoms with Crippen LogP contribution in [0, 0.1) is 6.92 Å². The second-order valence-corrected chi connectivity index (χ2v) is 4.98. The summed E-state index contributed by atoms with van der Waals surface area (Å²) < 4.78 is 5.38.